The second-order valence-corrected chi connectivity index (χ2v) is 4.84. The number of hydrogen-bond donors (Lipinski definition) is 3. The van der Waals surface area contributed by atoms with Crippen LogP contribution in [0.1, 0.15) is 13.8 Å². The smallest absolute Gasteiger partial charge is 0.313 e. The molecular weight excluding hydrogens is 256 g/mol. The Balaban J connectivity index is 2.67. The summed E-state index contributed by atoms with van der Waals surface area (Å²) in [5.74, 6) is -1.65. The van der Waals surface area contributed by atoms with Gasteiger partial charge in [-0.15, -0.1) is 0 Å². The van der Waals surface area contributed by atoms with Crippen molar-refractivity contribution in [1.29, 1.82) is 0 Å². The maximum Gasteiger partial charge on any atom is 0.313 e. The zero-order valence-electron chi connectivity index (χ0n) is 10.2. The molecule has 18 heavy (non-hydrogen) atoms. The molecule has 3 N–H and O–H groups in total. The van der Waals surface area contributed by atoms with Crippen molar-refractivity contribution in [1.82, 2.24) is 5.32 Å². The van der Waals surface area contributed by atoms with Gasteiger partial charge in [0.2, 0.25) is 0 Å². The monoisotopic (exact) mass is 270 g/mol. The summed E-state index contributed by atoms with van der Waals surface area (Å²) in [5, 5.41) is 14.1. The van der Waals surface area contributed by atoms with Gasteiger partial charge in [-0.3, -0.25) is 9.59 Å². The molecule has 6 heteroatoms. The summed E-state index contributed by atoms with van der Waals surface area (Å²) in [5.41, 5.74) is -0.490. The Labute approximate surface area is 110 Å². The SMILES string of the molecule is CC(C)(CO)NC(=O)C(=O)Nc1ccccc1Cl. The zero-order chi connectivity index (χ0) is 13.8. The molecule has 0 spiro atoms. The summed E-state index contributed by atoms with van der Waals surface area (Å²) in [6.45, 7) is 2.94. The van der Waals surface area contributed by atoms with Gasteiger partial charge < -0.3 is 15.7 Å². The first kappa shape index (κ1) is 14.5. The number of halogens is 1. The molecule has 0 aliphatic rings. The van der Waals surface area contributed by atoms with E-state index in [4.69, 9.17) is 16.7 Å². The van der Waals surface area contributed by atoms with E-state index in [0.29, 0.717) is 10.7 Å². The molecule has 0 heterocycles. The van der Waals surface area contributed by atoms with E-state index in [-0.39, 0.29) is 6.61 Å². The van der Waals surface area contributed by atoms with E-state index in [1.54, 1.807) is 38.1 Å². The van der Waals surface area contributed by atoms with Crippen LogP contribution in [0.4, 0.5) is 5.69 Å². The van der Waals surface area contributed by atoms with E-state index >= 15 is 0 Å². The number of nitrogens with one attached hydrogen (secondary N) is 2. The first-order valence-corrected chi connectivity index (χ1v) is 5.72. The summed E-state index contributed by atoms with van der Waals surface area (Å²) in [6.07, 6.45) is 0. The van der Waals surface area contributed by atoms with E-state index < -0.39 is 17.4 Å². The second-order valence-electron chi connectivity index (χ2n) is 4.43. The van der Waals surface area contributed by atoms with E-state index in [0.717, 1.165) is 0 Å². The molecule has 2 amide bonds. The molecule has 1 aromatic rings. The van der Waals surface area contributed by atoms with Gasteiger partial charge in [0.25, 0.3) is 0 Å². The molecule has 0 aliphatic carbocycles. The first-order valence-electron chi connectivity index (χ1n) is 5.34. The summed E-state index contributed by atoms with van der Waals surface area (Å²) in [7, 11) is 0. The summed E-state index contributed by atoms with van der Waals surface area (Å²) in [4.78, 5) is 23.2. The van der Waals surface area contributed by atoms with Gasteiger partial charge >= 0.3 is 11.8 Å². The fraction of sp³-hybridized carbons (Fsp3) is 0.333. The standard InChI is InChI=1S/C12H15ClN2O3/c1-12(2,7-16)15-11(18)10(17)14-9-6-4-3-5-8(9)13/h3-6,16H,7H2,1-2H3,(H,14,17)(H,15,18). The van der Waals surface area contributed by atoms with E-state index in [1.807, 2.05) is 0 Å². The Bertz CT molecular complexity index is 460. The molecule has 0 atom stereocenters. The van der Waals surface area contributed by atoms with Gasteiger partial charge in [-0.25, -0.2) is 0 Å². The summed E-state index contributed by atoms with van der Waals surface area (Å²) in [6, 6.07) is 6.60. The van der Waals surface area contributed by atoms with Crippen LogP contribution in [-0.4, -0.2) is 29.1 Å². The maximum absolute atomic E-state index is 11.6. The molecule has 1 rings (SSSR count). The van der Waals surface area contributed by atoms with Crippen molar-refractivity contribution in [2.45, 2.75) is 19.4 Å². The van der Waals surface area contributed by atoms with Crippen molar-refractivity contribution < 1.29 is 14.7 Å². The number of aliphatic hydroxyl groups excluding tert-OH is 1. The molecule has 0 saturated heterocycles. The molecule has 0 unspecified atom stereocenters. The fourth-order valence-corrected chi connectivity index (χ4v) is 1.33. The lowest BCUT2D eigenvalue weighted by Crippen LogP contribution is -2.50. The number of aliphatic hydroxyl groups is 1. The molecule has 1 aromatic carbocycles. The largest absolute Gasteiger partial charge is 0.394 e. The van der Waals surface area contributed by atoms with Crippen molar-refractivity contribution >= 4 is 29.1 Å². The van der Waals surface area contributed by atoms with Gasteiger partial charge in [0.15, 0.2) is 0 Å². The van der Waals surface area contributed by atoms with Gasteiger partial charge in [0.1, 0.15) is 0 Å². The van der Waals surface area contributed by atoms with Crippen molar-refractivity contribution in [3.05, 3.63) is 29.3 Å². The van der Waals surface area contributed by atoms with Crippen LogP contribution in [-0.2, 0) is 9.59 Å². The van der Waals surface area contributed by atoms with E-state index in [2.05, 4.69) is 10.6 Å². The molecular formula is C12H15ClN2O3. The number of hydrogen-bond acceptors (Lipinski definition) is 3. The van der Waals surface area contributed by atoms with Crippen LogP contribution in [0.2, 0.25) is 5.02 Å². The van der Waals surface area contributed by atoms with Gasteiger partial charge in [0, 0.05) is 0 Å². The zero-order valence-corrected chi connectivity index (χ0v) is 10.9. The summed E-state index contributed by atoms with van der Waals surface area (Å²) >= 11 is 5.85. The Morgan fingerprint density at radius 1 is 1.28 bits per heavy atom. The molecule has 0 fully saturated rings. The molecule has 0 aliphatic heterocycles. The van der Waals surface area contributed by atoms with Crippen LogP contribution in [0.15, 0.2) is 24.3 Å². The molecule has 0 saturated carbocycles. The summed E-state index contributed by atoms with van der Waals surface area (Å²) < 4.78 is 0. The highest BCUT2D eigenvalue weighted by molar-refractivity contribution is 6.41. The number of benzene rings is 1. The van der Waals surface area contributed by atoms with Gasteiger partial charge in [0.05, 0.1) is 22.9 Å². The van der Waals surface area contributed by atoms with Crippen molar-refractivity contribution in [2.24, 2.45) is 0 Å². The van der Waals surface area contributed by atoms with Crippen molar-refractivity contribution in [3.63, 3.8) is 0 Å². The predicted molar refractivity (Wildman–Crippen MR) is 69.4 cm³/mol. The Morgan fingerprint density at radius 3 is 2.44 bits per heavy atom. The third-order valence-electron chi connectivity index (χ3n) is 2.18. The minimum Gasteiger partial charge on any atom is -0.394 e. The van der Waals surface area contributed by atoms with Crippen molar-refractivity contribution in [2.75, 3.05) is 11.9 Å². The number of carbonyl (C=O) groups is 2. The molecule has 5 nitrogen and oxygen atoms in total. The van der Waals surface area contributed by atoms with Gasteiger partial charge in [-0.05, 0) is 26.0 Å². The highest BCUT2D eigenvalue weighted by Crippen LogP contribution is 2.20. The third-order valence-corrected chi connectivity index (χ3v) is 2.51. The van der Waals surface area contributed by atoms with Gasteiger partial charge in [-0.2, -0.15) is 0 Å². The minimum absolute atomic E-state index is 0.266. The highest BCUT2D eigenvalue weighted by Gasteiger charge is 2.23. The number of para-hydroxylation sites is 1. The molecule has 98 valence electrons. The highest BCUT2D eigenvalue weighted by atomic mass is 35.5. The second kappa shape index (κ2) is 5.84. The Hall–Kier alpha value is -1.59. The van der Waals surface area contributed by atoms with Crippen LogP contribution in [0.25, 0.3) is 0 Å². The van der Waals surface area contributed by atoms with Crippen LogP contribution in [0, 0.1) is 0 Å². The molecule has 0 bridgehead atoms. The molecule has 0 radical (unpaired) electrons. The minimum atomic E-state index is -0.852. The lowest BCUT2D eigenvalue weighted by Gasteiger charge is -2.22. The normalized spacial score (nSPS) is 10.9. The van der Waals surface area contributed by atoms with Gasteiger partial charge in [-0.1, -0.05) is 23.7 Å². The van der Waals surface area contributed by atoms with E-state index in [1.165, 1.54) is 0 Å². The van der Waals surface area contributed by atoms with E-state index in [9.17, 15) is 9.59 Å². The first-order chi connectivity index (χ1) is 8.35. The van der Waals surface area contributed by atoms with Crippen LogP contribution in [0.5, 0.6) is 0 Å². The number of carbonyl (C=O) groups excluding carboxylic acids is 2. The lowest BCUT2D eigenvalue weighted by molar-refractivity contribution is -0.137. The molecule has 0 aromatic heterocycles. The fourth-order valence-electron chi connectivity index (χ4n) is 1.15. The van der Waals surface area contributed by atoms with Crippen LogP contribution in [0.3, 0.4) is 0 Å². The van der Waals surface area contributed by atoms with Crippen LogP contribution >= 0.6 is 11.6 Å². The van der Waals surface area contributed by atoms with Crippen LogP contribution < -0.4 is 10.6 Å². The lowest BCUT2D eigenvalue weighted by atomic mass is 10.1. The van der Waals surface area contributed by atoms with Crippen molar-refractivity contribution in [3.8, 4) is 0 Å². The third kappa shape index (κ3) is 4.01. The topological polar surface area (TPSA) is 78.4 Å². The Kier molecular flexibility index (Phi) is 4.69. The number of rotatable bonds is 3. The maximum atomic E-state index is 11.6. The predicted octanol–water partition coefficient (Wildman–Crippen LogP) is 1.17. The number of amides is 2. The Morgan fingerprint density at radius 2 is 1.89 bits per heavy atom. The average Bonchev–Trinajstić information content (AvgIpc) is 2.31. The number of anilines is 1. The average molecular weight is 271 g/mol. The quantitative estimate of drug-likeness (QED) is 0.722.